The van der Waals surface area contributed by atoms with Crippen LogP contribution in [-0.2, 0) is 6.54 Å². The van der Waals surface area contributed by atoms with E-state index in [1.807, 2.05) is 54.5 Å². The van der Waals surface area contributed by atoms with E-state index in [1.165, 1.54) is 0 Å². The third-order valence-corrected chi connectivity index (χ3v) is 5.45. The van der Waals surface area contributed by atoms with Crippen LogP contribution in [0.2, 0.25) is 0 Å². The van der Waals surface area contributed by atoms with Crippen molar-refractivity contribution >= 4 is 5.91 Å². The summed E-state index contributed by atoms with van der Waals surface area (Å²) in [6.07, 6.45) is 5.87. The van der Waals surface area contributed by atoms with E-state index >= 15 is 0 Å². The Morgan fingerprint density at radius 3 is 2.82 bits per heavy atom. The normalized spacial score (nSPS) is 15.0. The number of hydrogen-bond acceptors (Lipinski definition) is 4. The van der Waals surface area contributed by atoms with Crippen LogP contribution in [0.1, 0.15) is 29.2 Å². The Hall–Kier alpha value is -3.09. The summed E-state index contributed by atoms with van der Waals surface area (Å²) >= 11 is 0. The molecule has 1 aromatic carbocycles. The standard InChI is InChI=1S/C21H25N5O2/c1-15-22-8-11-26(15)14-16-6-9-25(10-7-16)21(27)20-13-19(23-24-20)17-4-3-5-18(12-17)28-2/h3-5,8,11-13,16H,6-7,9-10,14H2,1-2H3,(H,23,24). The van der Waals surface area contributed by atoms with Crippen LogP contribution < -0.4 is 4.74 Å². The number of aryl methyl sites for hydroxylation is 1. The molecule has 7 nitrogen and oxygen atoms in total. The van der Waals surface area contributed by atoms with E-state index in [-0.39, 0.29) is 5.91 Å². The van der Waals surface area contributed by atoms with E-state index in [0.29, 0.717) is 11.6 Å². The summed E-state index contributed by atoms with van der Waals surface area (Å²) in [4.78, 5) is 19.1. The Morgan fingerprint density at radius 2 is 2.11 bits per heavy atom. The number of hydrogen-bond donors (Lipinski definition) is 1. The van der Waals surface area contributed by atoms with E-state index < -0.39 is 0 Å². The fraction of sp³-hybridized carbons (Fsp3) is 0.381. The number of nitrogens with zero attached hydrogens (tertiary/aromatic N) is 4. The minimum absolute atomic E-state index is 0.0129. The number of carbonyl (C=O) groups excluding carboxylic acids is 1. The summed E-state index contributed by atoms with van der Waals surface area (Å²) in [6.45, 7) is 4.53. The van der Waals surface area contributed by atoms with Crippen LogP contribution in [0.4, 0.5) is 0 Å². The highest BCUT2D eigenvalue weighted by Crippen LogP contribution is 2.24. The average molecular weight is 379 g/mol. The maximum atomic E-state index is 12.9. The fourth-order valence-corrected chi connectivity index (χ4v) is 3.73. The van der Waals surface area contributed by atoms with Gasteiger partial charge in [-0.05, 0) is 43.9 Å². The number of benzene rings is 1. The van der Waals surface area contributed by atoms with Crippen molar-refractivity contribution in [3.05, 3.63) is 54.2 Å². The van der Waals surface area contributed by atoms with Gasteiger partial charge in [0.15, 0.2) is 0 Å². The first kappa shape index (κ1) is 18.3. The van der Waals surface area contributed by atoms with Crippen LogP contribution in [0.3, 0.4) is 0 Å². The van der Waals surface area contributed by atoms with Gasteiger partial charge in [-0.3, -0.25) is 9.89 Å². The molecule has 0 bridgehead atoms. The SMILES string of the molecule is COc1cccc(-c2cc(C(=O)N3CCC(Cn4ccnc4C)CC3)[nH]n2)c1. The second-order valence-corrected chi connectivity index (χ2v) is 7.26. The van der Waals surface area contributed by atoms with Crippen molar-refractivity contribution in [2.45, 2.75) is 26.3 Å². The first-order valence-corrected chi connectivity index (χ1v) is 9.61. The van der Waals surface area contributed by atoms with Crippen LogP contribution in [0, 0.1) is 12.8 Å². The summed E-state index contributed by atoms with van der Waals surface area (Å²) in [6, 6.07) is 9.48. The van der Waals surface area contributed by atoms with Crippen molar-refractivity contribution in [2.24, 2.45) is 5.92 Å². The molecule has 7 heteroatoms. The highest BCUT2D eigenvalue weighted by atomic mass is 16.5. The van der Waals surface area contributed by atoms with Gasteiger partial charge in [-0.1, -0.05) is 12.1 Å². The zero-order valence-corrected chi connectivity index (χ0v) is 16.3. The zero-order valence-electron chi connectivity index (χ0n) is 16.3. The molecule has 146 valence electrons. The lowest BCUT2D eigenvalue weighted by molar-refractivity contribution is 0.0676. The van der Waals surface area contributed by atoms with Gasteiger partial charge in [0.25, 0.3) is 5.91 Å². The Kier molecular flexibility index (Phi) is 5.14. The Morgan fingerprint density at radius 1 is 1.29 bits per heavy atom. The second kappa shape index (κ2) is 7.88. The zero-order chi connectivity index (χ0) is 19.5. The fourth-order valence-electron chi connectivity index (χ4n) is 3.73. The van der Waals surface area contributed by atoms with Crippen LogP contribution in [0.25, 0.3) is 11.3 Å². The lowest BCUT2D eigenvalue weighted by Gasteiger charge is -2.32. The number of methoxy groups -OCH3 is 1. The Labute approximate surface area is 164 Å². The molecule has 1 saturated heterocycles. The number of ether oxygens (including phenoxy) is 1. The number of nitrogens with one attached hydrogen (secondary N) is 1. The molecule has 3 heterocycles. The molecule has 1 N–H and O–H groups in total. The number of carbonyl (C=O) groups is 1. The Balaban J connectivity index is 1.38. The van der Waals surface area contributed by atoms with Crippen LogP contribution in [0.5, 0.6) is 5.75 Å². The van der Waals surface area contributed by atoms with E-state index in [2.05, 4.69) is 19.7 Å². The predicted molar refractivity (Wildman–Crippen MR) is 106 cm³/mol. The predicted octanol–water partition coefficient (Wildman–Crippen LogP) is 3.14. The lowest BCUT2D eigenvalue weighted by atomic mass is 9.96. The number of imidazole rings is 1. The van der Waals surface area contributed by atoms with Gasteiger partial charge in [0.1, 0.15) is 17.3 Å². The van der Waals surface area contributed by atoms with Gasteiger partial charge in [0.05, 0.1) is 12.8 Å². The molecule has 0 atom stereocenters. The quantitative estimate of drug-likeness (QED) is 0.739. The molecule has 28 heavy (non-hydrogen) atoms. The van der Waals surface area contributed by atoms with Gasteiger partial charge >= 0.3 is 0 Å². The molecule has 3 aromatic rings. The lowest BCUT2D eigenvalue weighted by Crippen LogP contribution is -2.39. The smallest absolute Gasteiger partial charge is 0.271 e. The topological polar surface area (TPSA) is 76.0 Å². The third-order valence-electron chi connectivity index (χ3n) is 5.45. The highest BCUT2D eigenvalue weighted by Gasteiger charge is 2.25. The van der Waals surface area contributed by atoms with Crippen molar-refractivity contribution in [3.63, 3.8) is 0 Å². The van der Waals surface area contributed by atoms with Gasteiger partial charge in [-0.2, -0.15) is 5.10 Å². The van der Waals surface area contributed by atoms with Crippen molar-refractivity contribution in [1.82, 2.24) is 24.6 Å². The molecule has 1 aliphatic heterocycles. The van der Waals surface area contributed by atoms with E-state index in [1.54, 1.807) is 7.11 Å². The first-order valence-electron chi connectivity index (χ1n) is 9.61. The molecule has 0 radical (unpaired) electrons. The maximum absolute atomic E-state index is 12.9. The molecular formula is C21H25N5O2. The molecule has 1 amide bonds. The average Bonchev–Trinajstić information content (AvgIpc) is 3.38. The van der Waals surface area contributed by atoms with Crippen molar-refractivity contribution in [2.75, 3.05) is 20.2 Å². The molecule has 1 aliphatic rings. The number of H-pyrrole nitrogens is 1. The number of likely N-dealkylation sites (tertiary alicyclic amines) is 1. The number of amides is 1. The van der Waals surface area contributed by atoms with Crippen molar-refractivity contribution in [1.29, 1.82) is 0 Å². The van der Waals surface area contributed by atoms with Crippen LogP contribution in [-0.4, -0.2) is 50.8 Å². The van der Waals surface area contributed by atoms with E-state index in [4.69, 9.17) is 4.74 Å². The monoisotopic (exact) mass is 379 g/mol. The first-order chi connectivity index (χ1) is 13.6. The minimum Gasteiger partial charge on any atom is -0.497 e. The van der Waals surface area contributed by atoms with Crippen LogP contribution in [0.15, 0.2) is 42.7 Å². The van der Waals surface area contributed by atoms with Crippen molar-refractivity contribution in [3.8, 4) is 17.0 Å². The highest BCUT2D eigenvalue weighted by molar-refractivity contribution is 5.93. The van der Waals surface area contributed by atoms with Crippen molar-refractivity contribution < 1.29 is 9.53 Å². The number of piperidine rings is 1. The molecule has 0 spiro atoms. The molecule has 0 unspecified atom stereocenters. The summed E-state index contributed by atoms with van der Waals surface area (Å²) < 4.78 is 7.45. The van der Waals surface area contributed by atoms with Gasteiger partial charge in [-0.15, -0.1) is 0 Å². The summed E-state index contributed by atoms with van der Waals surface area (Å²) in [5.41, 5.74) is 2.19. The molecular weight excluding hydrogens is 354 g/mol. The second-order valence-electron chi connectivity index (χ2n) is 7.26. The number of rotatable bonds is 5. The summed E-state index contributed by atoms with van der Waals surface area (Å²) in [5.74, 6) is 2.40. The van der Waals surface area contributed by atoms with E-state index in [9.17, 15) is 4.79 Å². The number of aromatic nitrogens is 4. The van der Waals surface area contributed by atoms with Gasteiger partial charge in [-0.25, -0.2) is 4.98 Å². The van der Waals surface area contributed by atoms with Gasteiger partial charge in [0, 0.05) is 37.6 Å². The minimum atomic E-state index is 0.0129. The van der Waals surface area contributed by atoms with E-state index in [0.717, 1.165) is 55.3 Å². The van der Waals surface area contributed by atoms with Gasteiger partial charge < -0.3 is 14.2 Å². The number of aromatic amines is 1. The largest absolute Gasteiger partial charge is 0.497 e. The third kappa shape index (κ3) is 3.78. The molecule has 2 aromatic heterocycles. The molecule has 0 aliphatic carbocycles. The summed E-state index contributed by atoms with van der Waals surface area (Å²) in [7, 11) is 1.64. The van der Waals surface area contributed by atoms with Gasteiger partial charge in [0.2, 0.25) is 0 Å². The molecule has 1 fully saturated rings. The summed E-state index contributed by atoms with van der Waals surface area (Å²) in [5, 5.41) is 7.21. The maximum Gasteiger partial charge on any atom is 0.271 e. The Bertz CT molecular complexity index is 953. The molecule has 0 saturated carbocycles. The van der Waals surface area contributed by atoms with Crippen LogP contribution >= 0.6 is 0 Å². The molecule has 4 rings (SSSR count).